The maximum Gasteiger partial charge on any atom is 0.259 e. The molecular weight excluding hydrogens is 348 g/mol. The van der Waals surface area contributed by atoms with Crippen LogP contribution in [0.25, 0.3) is 11.0 Å². The third-order valence-corrected chi connectivity index (χ3v) is 6.02. The van der Waals surface area contributed by atoms with Crippen molar-refractivity contribution in [3.8, 4) is 0 Å². The SMILES string of the molecule is Nc1nc2c(C(=O)Nc3nc4c(s3)CN(CC3CC3)CC4)cccc2[nH]1. The van der Waals surface area contributed by atoms with Gasteiger partial charge in [0.05, 0.1) is 16.8 Å². The van der Waals surface area contributed by atoms with Gasteiger partial charge in [-0.25, -0.2) is 9.97 Å². The number of hydrogen-bond acceptors (Lipinski definition) is 6. The number of fused-ring (bicyclic) bond motifs is 2. The van der Waals surface area contributed by atoms with Crippen LogP contribution in [0.3, 0.4) is 0 Å². The molecule has 1 aromatic carbocycles. The van der Waals surface area contributed by atoms with Gasteiger partial charge in [0.15, 0.2) is 11.1 Å². The summed E-state index contributed by atoms with van der Waals surface area (Å²) in [6.45, 7) is 3.21. The second-order valence-corrected chi connectivity index (χ2v) is 8.18. The number of hydrogen-bond donors (Lipinski definition) is 3. The van der Waals surface area contributed by atoms with Crippen molar-refractivity contribution >= 4 is 39.4 Å². The summed E-state index contributed by atoms with van der Waals surface area (Å²) < 4.78 is 0. The molecule has 0 spiro atoms. The van der Waals surface area contributed by atoms with Crippen molar-refractivity contribution in [3.63, 3.8) is 0 Å². The van der Waals surface area contributed by atoms with Gasteiger partial charge in [-0.05, 0) is 30.9 Å². The van der Waals surface area contributed by atoms with Crippen LogP contribution in [0.4, 0.5) is 11.1 Å². The fourth-order valence-electron chi connectivity index (χ4n) is 3.52. The van der Waals surface area contributed by atoms with Gasteiger partial charge in [-0.1, -0.05) is 6.07 Å². The van der Waals surface area contributed by atoms with Crippen molar-refractivity contribution in [2.24, 2.45) is 5.92 Å². The molecule has 4 N–H and O–H groups in total. The number of aromatic amines is 1. The quantitative estimate of drug-likeness (QED) is 0.657. The average Bonchev–Trinajstić information content (AvgIpc) is 3.20. The van der Waals surface area contributed by atoms with E-state index in [1.165, 1.54) is 24.3 Å². The first kappa shape index (κ1) is 15.8. The number of amides is 1. The molecule has 26 heavy (non-hydrogen) atoms. The summed E-state index contributed by atoms with van der Waals surface area (Å²) in [5.74, 6) is 0.995. The molecular formula is C18H20N6OS. The second kappa shape index (κ2) is 6.07. The van der Waals surface area contributed by atoms with Crippen LogP contribution in [-0.4, -0.2) is 38.8 Å². The molecule has 0 unspecified atom stereocenters. The number of benzene rings is 1. The molecule has 1 fully saturated rings. The molecule has 1 aliphatic heterocycles. The van der Waals surface area contributed by atoms with Crippen molar-refractivity contribution in [1.29, 1.82) is 0 Å². The van der Waals surface area contributed by atoms with E-state index in [0.717, 1.165) is 36.6 Å². The predicted octanol–water partition coefficient (Wildman–Crippen LogP) is 2.62. The Kier molecular flexibility index (Phi) is 3.68. The number of H-pyrrole nitrogens is 1. The topological polar surface area (TPSA) is 99.9 Å². The first-order valence-corrected chi connectivity index (χ1v) is 9.74. The molecule has 0 radical (unpaired) electrons. The normalized spacial score (nSPS) is 17.4. The Hall–Kier alpha value is -2.45. The zero-order chi connectivity index (χ0) is 17.7. The van der Waals surface area contributed by atoms with Crippen LogP contribution in [0, 0.1) is 5.92 Å². The van der Waals surface area contributed by atoms with E-state index in [9.17, 15) is 4.79 Å². The van der Waals surface area contributed by atoms with Crippen LogP contribution >= 0.6 is 11.3 Å². The maximum absolute atomic E-state index is 12.7. The lowest BCUT2D eigenvalue weighted by molar-refractivity contribution is 0.102. The molecule has 5 rings (SSSR count). The summed E-state index contributed by atoms with van der Waals surface area (Å²) in [5, 5.41) is 3.60. The minimum atomic E-state index is -0.206. The van der Waals surface area contributed by atoms with Crippen LogP contribution in [0.2, 0.25) is 0 Å². The van der Waals surface area contributed by atoms with Gasteiger partial charge in [0.1, 0.15) is 5.52 Å². The van der Waals surface area contributed by atoms with E-state index >= 15 is 0 Å². The Balaban J connectivity index is 1.35. The van der Waals surface area contributed by atoms with Crippen molar-refractivity contribution in [2.45, 2.75) is 25.8 Å². The lowest BCUT2D eigenvalue weighted by atomic mass is 10.1. The molecule has 134 valence electrons. The average molecular weight is 368 g/mol. The number of anilines is 2. The van der Waals surface area contributed by atoms with Crippen LogP contribution in [0.1, 0.15) is 33.8 Å². The molecule has 3 heterocycles. The lowest BCUT2D eigenvalue weighted by Crippen LogP contribution is -2.31. The molecule has 7 nitrogen and oxygen atoms in total. The van der Waals surface area contributed by atoms with Crippen molar-refractivity contribution in [2.75, 3.05) is 24.1 Å². The molecule has 3 aromatic rings. The smallest absolute Gasteiger partial charge is 0.259 e. The fourth-order valence-corrected chi connectivity index (χ4v) is 4.57. The summed E-state index contributed by atoms with van der Waals surface area (Å²) >= 11 is 1.58. The number of carbonyl (C=O) groups excluding carboxylic acids is 1. The minimum absolute atomic E-state index is 0.206. The van der Waals surface area contributed by atoms with Gasteiger partial charge in [-0.15, -0.1) is 11.3 Å². The summed E-state index contributed by atoms with van der Waals surface area (Å²) in [6.07, 6.45) is 3.70. The minimum Gasteiger partial charge on any atom is -0.369 e. The summed E-state index contributed by atoms with van der Waals surface area (Å²) in [6, 6.07) is 5.42. The number of para-hydroxylation sites is 1. The Morgan fingerprint density at radius 1 is 1.38 bits per heavy atom. The van der Waals surface area contributed by atoms with Crippen LogP contribution < -0.4 is 11.1 Å². The Labute approximate surface area is 154 Å². The second-order valence-electron chi connectivity index (χ2n) is 7.10. The number of nitrogens with one attached hydrogen (secondary N) is 2. The Morgan fingerprint density at radius 3 is 3.12 bits per heavy atom. The van der Waals surface area contributed by atoms with Crippen molar-refractivity contribution in [3.05, 3.63) is 34.3 Å². The molecule has 1 aliphatic carbocycles. The number of nitrogen functional groups attached to an aromatic ring is 1. The molecule has 0 saturated heterocycles. The lowest BCUT2D eigenvalue weighted by Gasteiger charge is -2.25. The zero-order valence-electron chi connectivity index (χ0n) is 14.3. The van der Waals surface area contributed by atoms with Crippen molar-refractivity contribution < 1.29 is 4.79 Å². The highest BCUT2D eigenvalue weighted by atomic mass is 32.1. The van der Waals surface area contributed by atoms with Gasteiger partial charge in [0, 0.05) is 30.9 Å². The van der Waals surface area contributed by atoms with E-state index in [2.05, 4.69) is 25.2 Å². The van der Waals surface area contributed by atoms with Crippen molar-refractivity contribution in [1.82, 2.24) is 19.9 Å². The standard InChI is InChI=1S/C18H20N6OS/c19-17-20-13-3-1-2-11(15(13)22-17)16(25)23-18-21-12-6-7-24(8-10-4-5-10)9-14(12)26-18/h1-3,10H,4-9H2,(H3,19,20,22)(H,21,23,25). The third kappa shape index (κ3) is 2.95. The van der Waals surface area contributed by atoms with Crippen LogP contribution in [0.5, 0.6) is 0 Å². The molecule has 2 aliphatic rings. The van der Waals surface area contributed by atoms with E-state index in [1.54, 1.807) is 17.4 Å². The van der Waals surface area contributed by atoms with E-state index in [1.807, 2.05) is 12.1 Å². The number of rotatable bonds is 4. The van der Waals surface area contributed by atoms with Gasteiger partial charge in [-0.3, -0.25) is 15.0 Å². The monoisotopic (exact) mass is 368 g/mol. The van der Waals surface area contributed by atoms with Gasteiger partial charge in [0.25, 0.3) is 5.91 Å². The van der Waals surface area contributed by atoms with Crippen LogP contribution in [-0.2, 0) is 13.0 Å². The van der Waals surface area contributed by atoms with Gasteiger partial charge < -0.3 is 10.7 Å². The molecule has 1 amide bonds. The van der Waals surface area contributed by atoms with E-state index in [0.29, 0.717) is 22.2 Å². The van der Waals surface area contributed by atoms with Gasteiger partial charge >= 0.3 is 0 Å². The molecule has 0 bridgehead atoms. The third-order valence-electron chi connectivity index (χ3n) is 5.02. The summed E-state index contributed by atoms with van der Waals surface area (Å²) in [5.41, 5.74) is 8.68. The summed E-state index contributed by atoms with van der Waals surface area (Å²) in [7, 11) is 0. The molecule has 0 atom stereocenters. The Bertz CT molecular complexity index is 989. The highest BCUT2D eigenvalue weighted by Gasteiger charge is 2.28. The van der Waals surface area contributed by atoms with Gasteiger partial charge in [-0.2, -0.15) is 0 Å². The first-order valence-electron chi connectivity index (χ1n) is 8.92. The zero-order valence-corrected chi connectivity index (χ0v) is 15.1. The summed E-state index contributed by atoms with van der Waals surface area (Å²) in [4.78, 5) is 28.3. The molecule has 8 heteroatoms. The maximum atomic E-state index is 12.7. The molecule has 2 aromatic heterocycles. The first-order chi connectivity index (χ1) is 12.7. The van der Waals surface area contributed by atoms with Gasteiger partial charge in [0.2, 0.25) is 0 Å². The number of imidazole rings is 1. The number of nitrogens with zero attached hydrogens (tertiary/aromatic N) is 3. The predicted molar refractivity (Wildman–Crippen MR) is 102 cm³/mol. The van der Waals surface area contributed by atoms with E-state index in [4.69, 9.17) is 5.73 Å². The number of thiazole rings is 1. The number of nitrogens with two attached hydrogens (primary N) is 1. The fraction of sp³-hybridized carbons (Fsp3) is 0.389. The number of aromatic nitrogens is 3. The molecule has 1 saturated carbocycles. The Morgan fingerprint density at radius 2 is 2.27 bits per heavy atom. The highest BCUT2D eigenvalue weighted by molar-refractivity contribution is 7.15. The van der Waals surface area contributed by atoms with Crippen LogP contribution in [0.15, 0.2) is 18.2 Å². The van der Waals surface area contributed by atoms with E-state index in [-0.39, 0.29) is 5.91 Å². The number of carbonyl (C=O) groups is 1. The largest absolute Gasteiger partial charge is 0.369 e. The highest BCUT2D eigenvalue weighted by Crippen LogP contribution is 2.33. The van der Waals surface area contributed by atoms with E-state index < -0.39 is 0 Å².